The largest absolute Gasteiger partial charge is 0.483 e. The topological polar surface area (TPSA) is 84.5 Å². The van der Waals surface area contributed by atoms with E-state index in [1.165, 1.54) is 0 Å². The molecule has 0 aliphatic heterocycles. The van der Waals surface area contributed by atoms with Gasteiger partial charge in [-0.1, -0.05) is 39.0 Å². The molecule has 28 heavy (non-hydrogen) atoms. The van der Waals surface area contributed by atoms with Gasteiger partial charge in [-0.2, -0.15) is 0 Å². The van der Waals surface area contributed by atoms with Gasteiger partial charge in [0.05, 0.1) is 5.75 Å². The van der Waals surface area contributed by atoms with E-state index in [2.05, 4.69) is 23.9 Å². The molecule has 2 aromatic carbocycles. The lowest BCUT2D eigenvalue weighted by Crippen LogP contribution is -2.20. The van der Waals surface area contributed by atoms with E-state index < -0.39 is 10.0 Å². The van der Waals surface area contributed by atoms with Crippen LogP contribution in [0.1, 0.15) is 45.1 Å². The van der Waals surface area contributed by atoms with Crippen LogP contribution >= 0.6 is 0 Å². The number of hydrogen-bond donors (Lipinski definition) is 2. The minimum Gasteiger partial charge on any atom is -0.483 e. The zero-order valence-corrected chi connectivity index (χ0v) is 17.4. The van der Waals surface area contributed by atoms with Crippen molar-refractivity contribution in [2.75, 3.05) is 22.4 Å². The first kappa shape index (κ1) is 21.8. The Morgan fingerprint density at radius 3 is 2.32 bits per heavy atom. The summed E-state index contributed by atoms with van der Waals surface area (Å²) in [5.74, 6) is 0.857. The van der Waals surface area contributed by atoms with Crippen molar-refractivity contribution in [3.05, 3.63) is 54.1 Å². The number of para-hydroxylation sites is 1. The van der Waals surface area contributed by atoms with Crippen molar-refractivity contribution in [2.45, 2.75) is 39.5 Å². The van der Waals surface area contributed by atoms with Crippen LogP contribution in [0.15, 0.2) is 48.5 Å². The molecule has 6 nitrogen and oxygen atoms in total. The van der Waals surface area contributed by atoms with Gasteiger partial charge in [-0.25, -0.2) is 8.42 Å². The molecule has 0 aromatic heterocycles. The number of rotatable bonds is 10. The van der Waals surface area contributed by atoms with Gasteiger partial charge in [-0.3, -0.25) is 9.52 Å². The molecule has 1 atom stereocenters. The summed E-state index contributed by atoms with van der Waals surface area (Å²) in [6.45, 7) is 5.94. The lowest BCUT2D eigenvalue weighted by molar-refractivity contribution is -0.118. The highest BCUT2D eigenvalue weighted by molar-refractivity contribution is 7.92. The third-order valence-corrected chi connectivity index (χ3v) is 5.83. The average Bonchev–Trinajstić information content (AvgIpc) is 2.67. The van der Waals surface area contributed by atoms with Crippen LogP contribution in [-0.4, -0.2) is 26.7 Å². The number of hydrogen-bond acceptors (Lipinski definition) is 4. The fourth-order valence-corrected chi connectivity index (χ4v) is 3.84. The third kappa shape index (κ3) is 6.56. The van der Waals surface area contributed by atoms with E-state index in [4.69, 9.17) is 4.74 Å². The van der Waals surface area contributed by atoms with Gasteiger partial charge >= 0.3 is 0 Å². The van der Waals surface area contributed by atoms with Crippen LogP contribution in [0, 0.1) is 0 Å². The van der Waals surface area contributed by atoms with Crippen LogP contribution in [0.25, 0.3) is 0 Å². The molecule has 0 heterocycles. The van der Waals surface area contributed by atoms with Gasteiger partial charge in [0, 0.05) is 11.4 Å². The molecule has 2 aromatic rings. The molecular weight excluding hydrogens is 376 g/mol. The van der Waals surface area contributed by atoms with Crippen LogP contribution in [-0.2, 0) is 14.8 Å². The first-order valence-corrected chi connectivity index (χ1v) is 11.1. The number of amides is 1. The molecule has 0 saturated heterocycles. The minimum atomic E-state index is -3.33. The molecule has 1 amide bonds. The molecule has 2 rings (SSSR count). The molecular formula is C21H28N2O4S. The van der Waals surface area contributed by atoms with Crippen molar-refractivity contribution in [1.29, 1.82) is 0 Å². The highest BCUT2D eigenvalue weighted by Crippen LogP contribution is 2.28. The van der Waals surface area contributed by atoms with Crippen LogP contribution in [0.4, 0.5) is 11.4 Å². The van der Waals surface area contributed by atoms with E-state index in [9.17, 15) is 13.2 Å². The monoisotopic (exact) mass is 404 g/mol. The van der Waals surface area contributed by atoms with Gasteiger partial charge in [0.15, 0.2) is 6.61 Å². The Labute approximate surface area is 167 Å². The SMILES string of the molecule is CCCS(=O)(=O)Nc1ccc(NC(=O)COc2ccccc2C(C)CC)cc1. The number of benzene rings is 2. The predicted molar refractivity (Wildman–Crippen MR) is 113 cm³/mol. The van der Waals surface area contributed by atoms with E-state index in [1.54, 1.807) is 31.2 Å². The summed E-state index contributed by atoms with van der Waals surface area (Å²) in [4.78, 5) is 12.2. The Hall–Kier alpha value is -2.54. The summed E-state index contributed by atoms with van der Waals surface area (Å²) in [5, 5.41) is 2.75. The molecule has 2 N–H and O–H groups in total. The van der Waals surface area contributed by atoms with E-state index in [0.29, 0.717) is 29.5 Å². The summed E-state index contributed by atoms with van der Waals surface area (Å²) < 4.78 is 31.8. The van der Waals surface area contributed by atoms with E-state index in [-0.39, 0.29) is 18.3 Å². The zero-order chi connectivity index (χ0) is 20.6. The number of carbonyl (C=O) groups excluding carboxylic acids is 1. The Morgan fingerprint density at radius 2 is 1.68 bits per heavy atom. The number of nitrogens with one attached hydrogen (secondary N) is 2. The molecule has 0 aliphatic rings. The summed E-state index contributed by atoms with van der Waals surface area (Å²) in [6.07, 6.45) is 1.53. The molecule has 1 unspecified atom stereocenters. The second-order valence-corrected chi connectivity index (χ2v) is 8.52. The Bertz CT molecular complexity index is 880. The van der Waals surface area contributed by atoms with Gasteiger partial charge < -0.3 is 10.1 Å². The molecule has 0 bridgehead atoms. The normalized spacial score (nSPS) is 12.2. The van der Waals surface area contributed by atoms with Gasteiger partial charge in [0.25, 0.3) is 5.91 Å². The maximum Gasteiger partial charge on any atom is 0.262 e. The maximum atomic E-state index is 12.2. The van der Waals surface area contributed by atoms with Crippen molar-refractivity contribution in [3.8, 4) is 5.75 Å². The predicted octanol–water partition coefficient (Wildman–Crippen LogP) is 4.37. The first-order chi connectivity index (χ1) is 13.3. The highest BCUT2D eigenvalue weighted by Gasteiger charge is 2.12. The van der Waals surface area contributed by atoms with Crippen molar-refractivity contribution in [3.63, 3.8) is 0 Å². The fraction of sp³-hybridized carbons (Fsp3) is 0.381. The maximum absolute atomic E-state index is 12.2. The molecule has 7 heteroatoms. The third-order valence-electron chi connectivity index (χ3n) is 4.34. The zero-order valence-electron chi connectivity index (χ0n) is 16.6. The lowest BCUT2D eigenvalue weighted by atomic mass is 9.98. The fourth-order valence-electron chi connectivity index (χ4n) is 2.70. The summed E-state index contributed by atoms with van der Waals surface area (Å²) >= 11 is 0. The molecule has 0 spiro atoms. The van der Waals surface area contributed by atoms with Crippen LogP contribution in [0.2, 0.25) is 0 Å². The van der Waals surface area contributed by atoms with E-state index >= 15 is 0 Å². The Kier molecular flexibility index (Phi) is 7.87. The van der Waals surface area contributed by atoms with Gasteiger partial charge in [-0.15, -0.1) is 0 Å². The standard InChI is InChI=1S/C21H28N2O4S/c1-4-14-28(25,26)23-18-12-10-17(11-13-18)22-21(24)15-27-20-9-7-6-8-19(20)16(3)5-2/h6-13,16,23H,4-5,14-15H2,1-3H3,(H,22,24). The van der Waals surface area contributed by atoms with Crippen molar-refractivity contribution >= 4 is 27.3 Å². The number of anilines is 2. The van der Waals surface area contributed by atoms with E-state index in [1.807, 2.05) is 24.3 Å². The second-order valence-electron chi connectivity index (χ2n) is 6.68. The van der Waals surface area contributed by atoms with E-state index in [0.717, 1.165) is 12.0 Å². The van der Waals surface area contributed by atoms with Crippen molar-refractivity contribution in [1.82, 2.24) is 0 Å². The Balaban J connectivity index is 1.92. The molecule has 0 fully saturated rings. The highest BCUT2D eigenvalue weighted by atomic mass is 32.2. The summed E-state index contributed by atoms with van der Waals surface area (Å²) in [5.41, 5.74) is 2.12. The van der Waals surface area contributed by atoms with Crippen LogP contribution in [0.3, 0.4) is 0 Å². The Morgan fingerprint density at radius 1 is 1.04 bits per heavy atom. The smallest absolute Gasteiger partial charge is 0.262 e. The minimum absolute atomic E-state index is 0.0704. The number of carbonyl (C=O) groups is 1. The molecule has 0 aliphatic carbocycles. The summed E-state index contributed by atoms with van der Waals surface area (Å²) in [7, 11) is -3.33. The second kappa shape index (κ2) is 10.1. The van der Waals surface area contributed by atoms with Crippen molar-refractivity contribution in [2.24, 2.45) is 0 Å². The summed E-state index contributed by atoms with van der Waals surface area (Å²) in [6, 6.07) is 14.3. The quantitative estimate of drug-likeness (QED) is 0.616. The molecule has 0 saturated carbocycles. The molecule has 0 radical (unpaired) electrons. The van der Waals surface area contributed by atoms with Gasteiger partial charge in [0.1, 0.15) is 5.75 Å². The van der Waals surface area contributed by atoms with Gasteiger partial charge in [0.2, 0.25) is 10.0 Å². The van der Waals surface area contributed by atoms with Gasteiger partial charge in [-0.05, 0) is 54.7 Å². The number of ether oxygens (including phenoxy) is 1. The molecule has 152 valence electrons. The average molecular weight is 405 g/mol. The number of sulfonamides is 1. The van der Waals surface area contributed by atoms with Crippen LogP contribution in [0.5, 0.6) is 5.75 Å². The lowest BCUT2D eigenvalue weighted by Gasteiger charge is -2.15. The first-order valence-electron chi connectivity index (χ1n) is 9.46. The van der Waals surface area contributed by atoms with Crippen molar-refractivity contribution < 1.29 is 17.9 Å². The van der Waals surface area contributed by atoms with Crippen LogP contribution < -0.4 is 14.8 Å².